The first kappa shape index (κ1) is 16.6. The molecule has 2 aromatic carbocycles. The van der Waals surface area contributed by atoms with Crippen molar-refractivity contribution in [2.75, 3.05) is 32.8 Å². The molecule has 0 aromatic heterocycles. The molecule has 122 valence electrons. The Balaban J connectivity index is 2.04. The lowest BCUT2D eigenvalue weighted by Crippen LogP contribution is -2.31. The van der Waals surface area contributed by atoms with Gasteiger partial charge in [0.1, 0.15) is 11.6 Å². The maximum Gasteiger partial charge on any atom is 0.264 e. The van der Waals surface area contributed by atoms with Crippen molar-refractivity contribution in [3.05, 3.63) is 48.3 Å². The molecule has 0 aliphatic carbocycles. The van der Waals surface area contributed by atoms with Gasteiger partial charge in [-0.15, -0.1) is 0 Å². The molecule has 0 bridgehead atoms. The maximum absolute atomic E-state index is 13.1. The summed E-state index contributed by atoms with van der Waals surface area (Å²) in [6.07, 6.45) is 0. The summed E-state index contributed by atoms with van der Waals surface area (Å²) in [6, 6.07) is 10.8. The third-order valence-electron chi connectivity index (χ3n) is 3.29. The van der Waals surface area contributed by atoms with Crippen LogP contribution in [0.5, 0.6) is 17.2 Å². The number of benzene rings is 2. The molecule has 1 amide bonds. The number of amides is 1. The van der Waals surface area contributed by atoms with E-state index >= 15 is 0 Å². The van der Waals surface area contributed by atoms with Crippen molar-refractivity contribution in [1.82, 2.24) is 0 Å². The number of carbonyl (C=O) groups excluding carboxylic acids is 1. The lowest BCUT2D eigenvalue weighted by Gasteiger charge is -2.19. The second kappa shape index (κ2) is 7.49. The zero-order valence-corrected chi connectivity index (χ0v) is 13.2. The molecule has 0 spiro atoms. The van der Waals surface area contributed by atoms with E-state index in [1.807, 2.05) is 0 Å². The summed E-state index contributed by atoms with van der Waals surface area (Å²) in [5.41, 5.74) is 0.635. The third-order valence-corrected chi connectivity index (χ3v) is 3.29. The predicted octanol–water partition coefficient (Wildman–Crippen LogP) is 2.88. The number of halogens is 1. The number of likely N-dealkylation sites (N-methyl/N-ethyl adjacent to an activating group) is 1. The summed E-state index contributed by atoms with van der Waals surface area (Å²) in [5.74, 6) is 0.715. The van der Waals surface area contributed by atoms with E-state index in [1.54, 1.807) is 38.4 Å². The van der Waals surface area contributed by atoms with Crippen molar-refractivity contribution < 1.29 is 23.4 Å². The van der Waals surface area contributed by atoms with Gasteiger partial charge in [-0.3, -0.25) is 4.79 Å². The molecule has 2 rings (SSSR count). The number of rotatable bonds is 6. The molecule has 0 aliphatic heterocycles. The van der Waals surface area contributed by atoms with Crippen molar-refractivity contribution in [3.8, 4) is 17.2 Å². The zero-order chi connectivity index (χ0) is 16.8. The van der Waals surface area contributed by atoms with Crippen molar-refractivity contribution in [1.29, 1.82) is 0 Å². The highest BCUT2D eigenvalue weighted by Crippen LogP contribution is 2.31. The highest BCUT2D eigenvalue weighted by molar-refractivity contribution is 5.94. The Bertz CT molecular complexity index is 690. The standard InChI is InChI=1S/C17H18FNO4/c1-19(13-7-8-15(21-2)16(10-13)22-3)17(20)11-23-14-6-4-5-12(18)9-14/h4-10H,11H2,1-3H3. The monoisotopic (exact) mass is 319 g/mol. The Hall–Kier alpha value is -2.76. The maximum atomic E-state index is 13.1. The van der Waals surface area contributed by atoms with E-state index in [0.717, 1.165) is 0 Å². The van der Waals surface area contributed by atoms with Crippen LogP contribution >= 0.6 is 0 Å². The molecule has 0 fully saturated rings. The topological polar surface area (TPSA) is 48.0 Å². The van der Waals surface area contributed by atoms with Gasteiger partial charge in [-0.2, -0.15) is 0 Å². The van der Waals surface area contributed by atoms with Gasteiger partial charge in [-0.25, -0.2) is 4.39 Å². The van der Waals surface area contributed by atoms with E-state index in [-0.39, 0.29) is 12.5 Å². The van der Waals surface area contributed by atoms with Crippen LogP contribution in [0.15, 0.2) is 42.5 Å². The van der Waals surface area contributed by atoms with Crippen molar-refractivity contribution in [2.24, 2.45) is 0 Å². The van der Waals surface area contributed by atoms with Gasteiger partial charge < -0.3 is 19.1 Å². The smallest absolute Gasteiger partial charge is 0.264 e. The van der Waals surface area contributed by atoms with Crippen LogP contribution in [0.2, 0.25) is 0 Å². The molecular formula is C17H18FNO4. The predicted molar refractivity (Wildman–Crippen MR) is 84.9 cm³/mol. The van der Waals surface area contributed by atoms with Crippen LogP contribution in [0.25, 0.3) is 0 Å². The minimum Gasteiger partial charge on any atom is -0.493 e. The summed E-state index contributed by atoms with van der Waals surface area (Å²) in [7, 11) is 4.69. The summed E-state index contributed by atoms with van der Waals surface area (Å²) in [4.78, 5) is 13.6. The van der Waals surface area contributed by atoms with Crippen LogP contribution in [-0.4, -0.2) is 33.8 Å². The molecule has 0 radical (unpaired) electrons. The Kier molecular flexibility index (Phi) is 5.41. The zero-order valence-electron chi connectivity index (χ0n) is 13.2. The Labute approximate surface area is 134 Å². The van der Waals surface area contributed by atoms with E-state index in [0.29, 0.717) is 22.9 Å². The average molecular weight is 319 g/mol. The molecular weight excluding hydrogens is 301 g/mol. The fourth-order valence-electron chi connectivity index (χ4n) is 1.98. The average Bonchev–Trinajstić information content (AvgIpc) is 2.58. The number of methoxy groups -OCH3 is 2. The quantitative estimate of drug-likeness (QED) is 0.821. The van der Waals surface area contributed by atoms with Crippen LogP contribution in [0.1, 0.15) is 0 Å². The summed E-state index contributed by atoms with van der Waals surface area (Å²) in [5, 5.41) is 0. The first-order valence-electron chi connectivity index (χ1n) is 6.92. The number of hydrogen-bond acceptors (Lipinski definition) is 4. The SMILES string of the molecule is COc1ccc(N(C)C(=O)COc2cccc(F)c2)cc1OC. The van der Waals surface area contributed by atoms with Crippen LogP contribution in [0, 0.1) is 5.82 Å². The fourth-order valence-corrected chi connectivity index (χ4v) is 1.98. The van der Waals surface area contributed by atoms with Crippen LogP contribution < -0.4 is 19.1 Å². The normalized spacial score (nSPS) is 10.1. The van der Waals surface area contributed by atoms with Gasteiger partial charge in [0.25, 0.3) is 5.91 Å². The van der Waals surface area contributed by atoms with Gasteiger partial charge in [-0.05, 0) is 24.3 Å². The Morgan fingerprint density at radius 3 is 2.48 bits per heavy atom. The van der Waals surface area contributed by atoms with Gasteiger partial charge in [0.2, 0.25) is 0 Å². The Morgan fingerprint density at radius 2 is 1.83 bits per heavy atom. The first-order valence-corrected chi connectivity index (χ1v) is 6.92. The molecule has 0 saturated carbocycles. The van der Waals surface area contributed by atoms with E-state index in [2.05, 4.69) is 0 Å². The number of carbonyl (C=O) groups is 1. The summed E-state index contributed by atoms with van der Waals surface area (Å²) < 4.78 is 28.7. The van der Waals surface area contributed by atoms with Crippen molar-refractivity contribution >= 4 is 11.6 Å². The molecule has 0 atom stereocenters. The van der Waals surface area contributed by atoms with E-state index < -0.39 is 5.82 Å². The lowest BCUT2D eigenvalue weighted by molar-refractivity contribution is -0.120. The molecule has 6 heteroatoms. The molecule has 0 unspecified atom stereocenters. The van der Waals surface area contributed by atoms with Crippen molar-refractivity contribution in [3.63, 3.8) is 0 Å². The first-order chi connectivity index (χ1) is 11.0. The molecule has 2 aromatic rings. The fraction of sp³-hybridized carbons (Fsp3) is 0.235. The van der Waals surface area contributed by atoms with E-state index in [4.69, 9.17) is 14.2 Å². The van der Waals surface area contributed by atoms with Gasteiger partial charge in [0.05, 0.1) is 14.2 Å². The van der Waals surface area contributed by atoms with E-state index in [1.165, 1.54) is 30.2 Å². The molecule has 0 N–H and O–H groups in total. The summed E-state index contributed by atoms with van der Waals surface area (Å²) in [6.45, 7) is -0.200. The van der Waals surface area contributed by atoms with E-state index in [9.17, 15) is 9.18 Å². The lowest BCUT2D eigenvalue weighted by atomic mass is 10.2. The number of nitrogens with zero attached hydrogens (tertiary/aromatic N) is 1. The second-order valence-corrected chi connectivity index (χ2v) is 4.74. The molecule has 0 aliphatic rings. The second-order valence-electron chi connectivity index (χ2n) is 4.74. The number of anilines is 1. The molecule has 5 nitrogen and oxygen atoms in total. The number of ether oxygens (including phenoxy) is 3. The number of hydrogen-bond donors (Lipinski definition) is 0. The highest BCUT2D eigenvalue weighted by atomic mass is 19.1. The molecule has 0 saturated heterocycles. The van der Waals surface area contributed by atoms with Crippen LogP contribution in [0.3, 0.4) is 0 Å². The minimum absolute atomic E-state index is 0.200. The van der Waals surface area contributed by atoms with Crippen LogP contribution in [0.4, 0.5) is 10.1 Å². The largest absolute Gasteiger partial charge is 0.493 e. The van der Waals surface area contributed by atoms with Gasteiger partial charge in [0.15, 0.2) is 18.1 Å². The Morgan fingerprint density at radius 1 is 1.09 bits per heavy atom. The van der Waals surface area contributed by atoms with Gasteiger partial charge in [0, 0.05) is 24.9 Å². The minimum atomic E-state index is -0.414. The van der Waals surface area contributed by atoms with Gasteiger partial charge >= 0.3 is 0 Å². The van der Waals surface area contributed by atoms with Crippen LogP contribution in [-0.2, 0) is 4.79 Å². The third kappa shape index (κ3) is 4.12. The molecule has 23 heavy (non-hydrogen) atoms. The summed E-state index contributed by atoms with van der Waals surface area (Å²) >= 11 is 0. The van der Waals surface area contributed by atoms with Gasteiger partial charge in [-0.1, -0.05) is 6.07 Å². The molecule has 0 heterocycles. The highest BCUT2D eigenvalue weighted by Gasteiger charge is 2.14. The van der Waals surface area contributed by atoms with Crippen molar-refractivity contribution in [2.45, 2.75) is 0 Å².